The minimum absolute atomic E-state index is 0.173. The van der Waals surface area contributed by atoms with Gasteiger partial charge in [0, 0.05) is 12.4 Å². The zero-order chi connectivity index (χ0) is 8.97. The highest BCUT2D eigenvalue weighted by molar-refractivity contribution is 5.81. The fraction of sp³-hybridized carbons (Fsp3) is 0.333. The van der Waals surface area contributed by atoms with Gasteiger partial charge in [0.2, 0.25) is 5.91 Å². The van der Waals surface area contributed by atoms with Crippen molar-refractivity contribution < 1.29 is 4.79 Å². The van der Waals surface area contributed by atoms with Gasteiger partial charge in [-0.3, -0.25) is 9.78 Å². The van der Waals surface area contributed by atoms with Gasteiger partial charge in [-0.25, -0.2) is 0 Å². The van der Waals surface area contributed by atoms with E-state index in [4.69, 9.17) is 5.73 Å². The summed E-state index contributed by atoms with van der Waals surface area (Å²) in [6.07, 6.45) is 4.07. The standard InChI is InChI=1S/C9H12N2O/c1-2-8(9(10)12)7-3-5-11-6-4-7/h3-6,8H,2H2,1H3,(H2,10,12). The van der Waals surface area contributed by atoms with E-state index in [-0.39, 0.29) is 11.8 Å². The molecule has 0 aliphatic rings. The van der Waals surface area contributed by atoms with Gasteiger partial charge in [-0.1, -0.05) is 6.92 Å². The Morgan fingerprint density at radius 1 is 1.58 bits per heavy atom. The Balaban J connectivity index is 2.88. The highest BCUT2D eigenvalue weighted by Gasteiger charge is 2.14. The van der Waals surface area contributed by atoms with Crippen molar-refractivity contribution in [2.75, 3.05) is 0 Å². The number of primary amides is 1. The second-order valence-corrected chi connectivity index (χ2v) is 2.64. The minimum atomic E-state index is -0.274. The zero-order valence-electron chi connectivity index (χ0n) is 7.03. The molecule has 0 aliphatic carbocycles. The van der Waals surface area contributed by atoms with Crippen LogP contribution in [0.15, 0.2) is 24.5 Å². The van der Waals surface area contributed by atoms with Crippen molar-refractivity contribution in [3.63, 3.8) is 0 Å². The van der Waals surface area contributed by atoms with E-state index in [1.54, 1.807) is 12.4 Å². The predicted octanol–water partition coefficient (Wildman–Crippen LogP) is 1.06. The smallest absolute Gasteiger partial charge is 0.224 e. The molecule has 0 radical (unpaired) electrons. The number of nitrogens with two attached hydrogens (primary N) is 1. The number of carbonyl (C=O) groups excluding carboxylic acids is 1. The molecule has 3 nitrogen and oxygen atoms in total. The van der Waals surface area contributed by atoms with Crippen LogP contribution in [0, 0.1) is 0 Å². The first-order valence-electron chi connectivity index (χ1n) is 3.95. The molecule has 1 amide bonds. The molecule has 1 aromatic heterocycles. The molecule has 64 valence electrons. The molecule has 1 atom stereocenters. The second-order valence-electron chi connectivity index (χ2n) is 2.64. The lowest BCUT2D eigenvalue weighted by atomic mass is 9.97. The van der Waals surface area contributed by atoms with Crippen molar-refractivity contribution in [2.24, 2.45) is 5.73 Å². The van der Waals surface area contributed by atoms with Crippen LogP contribution in [0.1, 0.15) is 24.8 Å². The first-order chi connectivity index (χ1) is 5.75. The van der Waals surface area contributed by atoms with Crippen LogP contribution in [-0.4, -0.2) is 10.9 Å². The number of pyridine rings is 1. The number of nitrogens with zero attached hydrogens (tertiary/aromatic N) is 1. The molecule has 0 bridgehead atoms. The lowest BCUT2D eigenvalue weighted by Gasteiger charge is -2.09. The summed E-state index contributed by atoms with van der Waals surface area (Å²) in [7, 11) is 0. The Morgan fingerprint density at radius 2 is 2.17 bits per heavy atom. The van der Waals surface area contributed by atoms with Crippen LogP contribution in [0.4, 0.5) is 0 Å². The molecule has 1 heterocycles. The molecule has 0 saturated carbocycles. The maximum absolute atomic E-state index is 10.9. The van der Waals surface area contributed by atoms with Gasteiger partial charge >= 0.3 is 0 Å². The maximum Gasteiger partial charge on any atom is 0.224 e. The maximum atomic E-state index is 10.9. The highest BCUT2D eigenvalue weighted by atomic mass is 16.1. The van der Waals surface area contributed by atoms with Crippen LogP contribution >= 0.6 is 0 Å². The molecule has 3 heteroatoms. The van der Waals surface area contributed by atoms with E-state index >= 15 is 0 Å². The molecular formula is C9H12N2O. The quantitative estimate of drug-likeness (QED) is 0.726. The summed E-state index contributed by atoms with van der Waals surface area (Å²) in [6.45, 7) is 1.94. The molecule has 12 heavy (non-hydrogen) atoms. The largest absolute Gasteiger partial charge is 0.369 e. The number of carbonyl (C=O) groups is 1. The van der Waals surface area contributed by atoms with Crippen molar-refractivity contribution in [3.8, 4) is 0 Å². The lowest BCUT2D eigenvalue weighted by molar-refractivity contribution is -0.119. The summed E-state index contributed by atoms with van der Waals surface area (Å²) in [4.78, 5) is 14.8. The van der Waals surface area contributed by atoms with Gasteiger partial charge in [0.1, 0.15) is 0 Å². The molecule has 0 fully saturated rings. The van der Waals surface area contributed by atoms with E-state index in [0.29, 0.717) is 0 Å². The van der Waals surface area contributed by atoms with Crippen LogP contribution in [0.5, 0.6) is 0 Å². The molecule has 1 rings (SSSR count). The number of hydrogen-bond donors (Lipinski definition) is 1. The van der Waals surface area contributed by atoms with Crippen molar-refractivity contribution in [3.05, 3.63) is 30.1 Å². The predicted molar refractivity (Wildman–Crippen MR) is 46.5 cm³/mol. The number of rotatable bonds is 3. The van der Waals surface area contributed by atoms with Gasteiger partial charge in [-0.2, -0.15) is 0 Å². The summed E-state index contributed by atoms with van der Waals surface area (Å²) in [5.74, 6) is -0.448. The summed E-state index contributed by atoms with van der Waals surface area (Å²) in [6, 6.07) is 3.64. The normalized spacial score (nSPS) is 12.4. The third-order valence-corrected chi connectivity index (χ3v) is 1.86. The van der Waals surface area contributed by atoms with Crippen molar-refractivity contribution >= 4 is 5.91 Å². The average Bonchev–Trinajstić information content (AvgIpc) is 2.07. The monoisotopic (exact) mass is 164 g/mol. The Labute approximate surface area is 71.6 Å². The Hall–Kier alpha value is -1.38. The SMILES string of the molecule is CCC(C(N)=O)c1ccncc1. The van der Waals surface area contributed by atoms with Crippen LogP contribution in [0.25, 0.3) is 0 Å². The van der Waals surface area contributed by atoms with Crippen molar-refractivity contribution in [2.45, 2.75) is 19.3 Å². The molecular weight excluding hydrogens is 152 g/mol. The molecule has 2 N–H and O–H groups in total. The van der Waals surface area contributed by atoms with E-state index < -0.39 is 0 Å². The molecule has 0 aromatic carbocycles. The van der Waals surface area contributed by atoms with Gasteiger partial charge in [0.05, 0.1) is 5.92 Å². The first kappa shape index (κ1) is 8.71. The number of amides is 1. The molecule has 0 saturated heterocycles. The van der Waals surface area contributed by atoms with Gasteiger partial charge in [0.25, 0.3) is 0 Å². The average molecular weight is 164 g/mol. The Morgan fingerprint density at radius 3 is 2.58 bits per heavy atom. The van der Waals surface area contributed by atoms with E-state index in [9.17, 15) is 4.79 Å². The summed E-state index contributed by atoms with van der Waals surface area (Å²) in [5.41, 5.74) is 6.16. The number of hydrogen-bond acceptors (Lipinski definition) is 2. The van der Waals surface area contributed by atoms with Gasteiger partial charge < -0.3 is 5.73 Å². The van der Waals surface area contributed by atoms with Gasteiger partial charge in [-0.05, 0) is 24.1 Å². The molecule has 0 aliphatic heterocycles. The molecule has 1 unspecified atom stereocenters. The van der Waals surface area contributed by atoms with E-state index in [1.165, 1.54) is 0 Å². The highest BCUT2D eigenvalue weighted by Crippen LogP contribution is 2.17. The van der Waals surface area contributed by atoms with Crippen molar-refractivity contribution in [1.82, 2.24) is 4.98 Å². The van der Waals surface area contributed by atoms with Gasteiger partial charge in [-0.15, -0.1) is 0 Å². The number of aromatic nitrogens is 1. The Kier molecular flexibility index (Phi) is 2.80. The fourth-order valence-electron chi connectivity index (χ4n) is 1.20. The van der Waals surface area contributed by atoms with E-state index in [1.807, 2.05) is 19.1 Å². The topological polar surface area (TPSA) is 56.0 Å². The Bertz CT molecular complexity index is 258. The summed E-state index contributed by atoms with van der Waals surface area (Å²) in [5, 5.41) is 0. The van der Waals surface area contributed by atoms with Gasteiger partial charge in [0.15, 0.2) is 0 Å². The molecule has 1 aromatic rings. The zero-order valence-corrected chi connectivity index (χ0v) is 7.03. The van der Waals surface area contributed by atoms with Crippen LogP contribution in [0.3, 0.4) is 0 Å². The molecule has 0 spiro atoms. The first-order valence-corrected chi connectivity index (χ1v) is 3.95. The van der Waals surface area contributed by atoms with Crippen LogP contribution < -0.4 is 5.73 Å². The fourth-order valence-corrected chi connectivity index (χ4v) is 1.20. The lowest BCUT2D eigenvalue weighted by Crippen LogP contribution is -2.20. The van der Waals surface area contributed by atoms with Crippen molar-refractivity contribution in [1.29, 1.82) is 0 Å². The third kappa shape index (κ3) is 1.81. The minimum Gasteiger partial charge on any atom is -0.369 e. The summed E-state index contributed by atoms with van der Waals surface area (Å²) >= 11 is 0. The second kappa shape index (κ2) is 3.85. The van der Waals surface area contributed by atoms with E-state index in [2.05, 4.69) is 4.98 Å². The van der Waals surface area contributed by atoms with E-state index in [0.717, 1.165) is 12.0 Å². The summed E-state index contributed by atoms with van der Waals surface area (Å²) < 4.78 is 0. The third-order valence-electron chi connectivity index (χ3n) is 1.86. The van der Waals surface area contributed by atoms with Crippen LogP contribution in [0.2, 0.25) is 0 Å². The van der Waals surface area contributed by atoms with Crippen LogP contribution in [-0.2, 0) is 4.79 Å².